The van der Waals surface area contributed by atoms with Crippen molar-refractivity contribution in [1.82, 2.24) is 0 Å². The third kappa shape index (κ3) is 2.51. The van der Waals surface area contributed by atoms with E-state index >= 15 is 0 Å². The van der Waals surface area contributed by atoms with Crippen LogP contribution in [0.4, 0.5) is 14.5 Å². The van der Waals surface area contributed by atoms with Crippen molar-refractivity contribution < 1.29 is 8.78 Å². The SMILES string of the molecule is Cc1c(C(C)Nc2c(F)cccc2F)sc2ccccc12. The van der Waals surface area contributed by atoms with Gasteiger partial charge in [0.05, 0.1) is 6.04 Å². The molecule has 0 saturated heterocycles. The Morgan fingerprint density at radius 1 is 1.00 bits per heavy atom. The van der Waals surface area contributed by atoms with Gasteiger partial charge < -0.3 is 5.32 Å². The smallest absolute Gasteiger partial charge is 0.149 e. The molecule has 4 heteroatoms. The summed E-state index contributed by atoms with van der Waals surface area (Å²) in [7, 11) is 0. The van der Waals surface area contributed by atoms with Crippen molar-refractivity contribution in [1.29, 1.82) is 0 Å². The minimum atomic E-state index is -0.569. The zero-order chi connectivity index (χ0) is 15.0. The monoisotopic (exact) mass is 303 g/mol. The van der Waals surface area contributed by atoms with E-state index in [0.29, 0.717) is 0 Å². The molecule has 3 rings (SSSR count). The average molecular weight is 303 g/mol. The van der Waals surface area contributed by atoms with Gasteiger partial charge in [-0.1, -0.05) is 24.3 Å². The first-order valence-corrected chi connectivity index (χ1v) is 7.58. The Kier molecular flexibility index (Phi) is 3.64. The van der Waals surface area contributed by atoms with Crippen LogP contribution in [0.5, 0.6) is 0 Å². The minimum absolute atomic E-state index is 0.0677. The van der Waals surface area contributed by atoms with Crippen LogP contribution in [0, 0.1) is 18.6 Å². The summed E-state index contributed by atoms with van der Waals surface area (Å²) < 4.78 is 28.7. The highest BCUT2D eigenvalue weighted by Crippen LogP contribution is 2.36. The van der Waals surface area contributed by atoms with Crippen LogP contribution < -0.4 is 5.32 Å². The van der Waals surface area contributed by atoms with Gasteiger partial charge in [-0.25, -0.2) is 8.78 Å². The summed E-state index contributed by atoms with van der Waals surface area (Å²) in [6.07, 6.45) is 0. The van der Waals surface area contributed by atoms with Crippen LogP contribution >= 0.6 is 11.3 Å². The standard InChI is InChI=1S/C17H15F2NS/c1-10-12-6-3-4-9-15(12)21-17(10)11(2)20-16-13(18)7-5-8-14(16)19/h3-9,11,20H,1-2H3. The van der Waals surface area contributed by atoms with E-state index in [4.69, 9.17) is 0 Å². The number of aryl methyl sites for hydroxylation is 1. The lowest BCUT2D eigenvalue weighted by Gasteiger charge is -2.16. The largest absolute Gasteiger partial charge is 0.373 e. The second-order valence-corrected chi connectivity index (χ2v) is 6.13. The molecular weight excluding hydrogens is 288 g/mol. The van der Waals surface area contributed by atoms with E-state index < -0.39 is 11.6 Å². The Labute approximate surface area is 126 Å². The van der Waals surface area contributed by atoms with Gasteiger partial charge in [0, 0.05) is 9.58 Å². The van der Waals surface area contributed by atoms with Crippen molar-refractivity contribution in [2.45, 2.75) is 19.9 Å². The van der Waals surface area contributed by atoms with Crippen molar-refractivity contribution >= 4 is 27.1 Å². The van der Waals surface area contributed by atoms with Crippen LogP contribution in [0.25, 0.3) is 10.1 Å². The number of rotatable bonds is 3. The van der Waals surface area contributed by atoms with E-state index in [1.165, 1.54) is 28.3 Å². The highest BCUT2D eigenvalue weighted by molar-refractivity contribution is 7.19. The van der Waals surface area contributed by atoms with Crippen LogP contribution in [-0.2, 0) is 0 Å². The molecule has 0 aliphatic carbocycles. The number of benzene rings is 2. The summed E-state index contributed by atoms with van der Waals surface area (Å²) >= 11 is 1.66. The second-order valence-electron chi connectivity index (χ2n) is 5.05. The maximum absolute atomic E-state index is 13.7. The molecule has 0 fully saturated rings. The van der Waals surface area contributed by atoms with Crippen molar-refractivity contribution in [2.75, 3.05) is 5.32 Å². The third-order valence-corrected chi connectivity index (χ3v) is 5.05. The van der Waals surface area contributed by atoms with E-state index in [2.05, 4.69) is 17.4 Å². The molecule has 2 aromatic carbocycles. The number of thiophene rings is 1. The Bertz CT molecular complexity index is 774. The van der Waals surface area contributed by atoms with Gasteiger partial charge in [0.25, 0.3) is 0 Å². The van der Waals surface area contributed by atoms with Gasteiger partial charge in [-0.3, -0.25) is 0 Å². The number of fused-ring (bicyclic) bond motifs is 1. The molecule has 0 radical (unpaired) electrons. The Balaban J connectivity index is 1.97. The van der Waals surface area contributed by atoms with E-state index in [1.54, 1.807) is 11.3 Å². The van der Waals surface area contributed by atoms with E-state index in [9.17, 15) is 8.78 Å². The number of para-hydroxylation sites is 1. The number of hydrogen-bond donors (Lipinski definition) is 1. The highest BCUT2D eigenvalue weighted by Gasteiger charge is 2.17. The van der Waals surface area contributed by atoms with Crippen LogP contribution in [0.15, 0.2) is 42.5 Å². The number of halogens is 2. The molecule has 0 aliphatic heterocycles. The van der Waals surface area contributed by atoms with Gasteiger partial charge >= 0.3 is 0 Å². The second kappa shape index (κ2) is 5.45. The van der Waals surface area contributed by atoms with Gasteiger partial charge in [0.1, 0.15) is 17.3 Å². The van der Waals surface area contributed by atoms with Gasteiger partial charge in [0.15, 0.2) is 0 Å². The zero-order valence-corrected chi connectivity index (χ0v) is 12.6. The lowest BCUT2D eigenvalue weighted by Crippen LogP contribution is -2.09. The predicted octanol–water partition coefficient (Wildman–Crippen LogP) is 5.66. The number of nitrogens with one attached hydrogen (secondary N) is 1. The molecule has 21 heavy (non-hydrogen) atoms. The third-order valence-electron chi connectivity index (χ3n) is 3.60. The molecule has 0 aliphatic rings. The summed E-state index contributed by atoms with van der Waals surface area (Å²) in [4.78, 5) is 1.10. The first-order valence-electron chi connectivity index (χ1n) is 6.76. The fraction of sp³-hybridized carbons (Fsp3) is 0.176. The fourth-order valence-electron chi connectivity index (χ4n) is 2.52. The van der Waals surface area contributed by atoms with E-state index in [-0.39, 0.29) is 11.7 Å². The predicted molar refractivity (Wildman–Crippen MR) is 85.0 cm³/mol. The molecule has 1 unspecified atom stereocenters. The molecular formula is C17H15F2NS. The zero-order valence-electron chi connectivity index (χ0n) is 11.8. The minimum Gasteiger partial charge on any atom is -0.373 e. The van der Waals surface area contributed by atoms with Crippen molar-refractivity contribution in [3.63, 3.8) is 0 Å². The van der Waals surface area contributed by atoms with Crippen molar-refractivity contribution in [3.05, 3.63) is 64.5 Å². The quantitative estimate of drug-likeness (QED) is 0.658. The van der Waals surface area contributed by atoms with Crippen molar-refractivity contribution in [3.8, 4) is 0 Å². The van der Waals surface area contributed by atoms with Gasteiger partial charge in [-0.2, -0.15) is 0 Å². The molecule has 0 spiro atoms. The van der Waals surface area contributed by atoms with Crippen LogP contribution in [-0.4, -0.2) is 0 Å². The van der Waals surface area contributed by atoms with E-state index in [1.807, 2.05) is 26.0 Å². The first-order chi connectivity index (χ1) is 10.1. The van der Waals surface area contributed by atoms with Crippen LogP contribution in [0.2, 0.25) is 0 Å². The first kappa shape index (κ1) is 14.0. The molecule has 1 nitrogen and oxygen atoms in total. The molecule has 3 aromatic rings. The summed E-state index contributed by atoms with van der Waals surface area (Å²) in [6.45, 7) is 3.97. The number of anilines is 1. The molecule has 1 heterocycles. The van der Waals surface area contributed by atoms with Gasteiger partial charge in [-0.15, -0.1) is 11.3 Å². The summed E-state index contributed by atoms with van der Waals surface area (Å²) in [5.74, 6) is -1.14. The molecule has 0 bridgehead atoms. The Morgan fingerprint density at radius 3 is 2.33 bits per heavy atom. The molecule has 1 N–H and O–H groups in total. The number of hydrogen-bond acceptors (Lipinski definition) is 2. The van der Waals surface area contributed by atoms with Crippen molar-refractivity contribution in [2.24, 2.45) is 0 Å². The molecule has 1 atom stereocenters. The molecule has 0 amide bonds. The normalized spacial score (nSPS) is 12.6. The Morgan fingerprint density at radius 2 is 1.67 bits per heavy atom. The highest BCUT2D eigenvalue weighted by atomic mass is 32.1. The average Bonchev–Trinajstić information content (AvgIpc) is 2.81. The van der Waals surface area contributed by atoms with Gasteiger partial charge in [-0.05, 0) is 43.0 Å². The maximum Gasteiger partial charge on any atom is 0.149 e. The molecule has 0 saturated carbocycles. The topological polar surface area (TPSA) is 12.0 Å². The molecule has 108 valence electrons. The van der Waals surface area contributed by atoms with E-state index in [0.717, 1.165) is 10.4 Å². The van der Waals surface area contributed by atoms with Gasteiger partial charge in [0.2, 0.25) is 0 Å². The lowest BCUT2D eigenvalue weighted by molar-refractivity contribution is 0.585. The maximum atomic E-state index is 13.7. The summed E-state index contributed by atoms with van der Waals surface area (Å²) in [5, 5.41) is 4.15. The molecule has 1 aromatic heterocycles. The summed E-state index contributed by atoms with van der Waals surface area (Å²) in [5.41, 5.74) is 1.09. The lowest BCUT2D eigenvalue weighted by atomic mass is 10.1. The Hall–Kier alpha value is -1.94. The van der Waals surface area contributed by atoms with Crippen LogP contribution in [0.1, 0.15) is 23.4 Å². The fourth-order valence-corrected chi connectivity index (χ4v) is 3.74. The van der Waals surface area contributed by atoms with Crippen LogP contribution in [0.3, 0.4) is 0 Å². The summed E-state index contributed by atoms with van der Waals surface area (Å²) in [6, 6.07) is 11.9.